The summed E-state index contributed by atoms with van der Waals surface area (Å²) in [5.41, 5.74) is 0.0965. The van der Waals surface area contributed by atoms with Gasteiger partial charge in [-0.3, -0.25) is 0 Å². The Labute approximate surface area is 173 Å². The minimum atomic E-state index is -0.558. The van der Waals surface area contributed by atoms with E-state index in [1.165, 1.54) is 4.90 Å². The van der Waals surface area contributed by atoms with Gasteiger partial charge in [-0.15, -0.1) is 0 Å². The summed E-state index contributed by atoms with van der Waals surface area (Å²) in [6.07, 6.45) is -0.735. The molecule has 0 spiro atoms. The van der Waals surface area contributed by atoms with Crippen LogP contribution in [0.5, 0.6) is 0 Å². The fraction of sp³-hybridized carbons (Fsp3) is 0.682. The molecule has 5 heteroatoms. The van der Waals surface area contributed by atoms with Crippen molar-refractivity contribution >= 4 is 27.7 Å². The zero-order valence-corrected chi connectivity index (χ0v) is 19.7. The molecule has 0 fully saturated rings. The number of carbonyl (C=O) groups is 1. The Balaban J connectivity index is 2.51. The highest BCUT2D eigenvalue weighted by Crippen LogP contribution is 2.39. The molecule has 0 saturated carbocycles. The predicted octanol–water partition coefficient (Wildman–Crippen LogP) is 7.31. The largest absolute Gasteiger partial charge is 0.508 e. The number of ether oxygens (including phenoxy) is 2. The number of hydrogen-bond donors (Lipinski definition) is 0. The van der Waals surface area contributed by atoms with Crippen molar-refractivity contribution in [1.82, 2.24) is 0 Å². The van der Waals surface area contributed by atoms with Crippen LogP contribution in [0.3, 0.4) is 0 Å². The van der Waals surface area contributed by atoms with Crippen LogP contribution < -0.4 is 0 Å². The second kappa shape index (κ2) is 10.7. The van der Waals surface area contributed by atoms with Gasteiger partial charge >= 0.3 is 6.16 Å². The second-order valence-electron chi connectivity index (χ2n) is 9.21. The molecule has 1 aromatic carbocycles. The fourth-order valence-electron chi connectivity index (χ4n) is 2.51. The smallest absolute Gasteiger partial charge is 0.433 e. The van der Waals surface area contributed by atoms with E-state index >= 15 is 0 Å². The van der Waals surface area contributed by atoms with Gasteiger partial charge in [-0.1, -0.05) is 95.2 Å². The number of rotatable bonds is 8. The zero-order chi connectivity index (χ0) is 20.7. The molecule has 0 heterocycles. The van der Waals surface area contributed by atoms with Gasteiger partial charge in [0.15, 0.2) is 0 Å². The third-order valence-corrected chi connectivity index (χ3v) is 7.58. The van der Waals surface area contributed by atoms with Gasteiger partial charge in [0.05, 0.1) is 0 Å². The van der Waals surface area contributed by atoms with E-state index in [9.17, 15) is 4.79 Å². The van der Waals surface area contributed by atoms with E-state index < -0.39 is 6.16 Å². The normalized spacial score (nSPS) is 15.7. The Morgan fingerprint density at radius 3 is 1.96 bits per heavy atom. The van der Waals surface area contributed by atoms with Crippen molar-refractivity contribution in [2.75, 3.05) is 12.4 Å². The van der Waals surface area contributed by atoms with E-state index in [1.807, 2.05) is 18.2 Å². The summed E-state index contributed by atoms with van der Waals surface area (Å²) in [5.74, 6) is 1.17. The highest BCUT2D eigenvalue weighted by molar-refractivity contribution is 8.76. The van der Waals surface area contributed by atoms with Crippen LogP contribution in [0.25, 0.3) is 0 Å². The van der Waals surface area contributed by atoms with Crippen LogP contribution in [0.2, 0.25) is 0 Å². The average Bonchev–Trinajstić information content (AvgIpc) is 2.57. The van der Waals surface area contributed by atoms with E-state index in [0.29, 0.717) is 6.61 Å². The Kier molecular flexibility index (Phi) is 9.56. The molecule has 0 aromatic heterocycles. The molecule has 0 bridgehead atoms. The SMILES string of the molecule is CC(C(OC(=O)OCCSSc1ccccc1)[C@@H](C)C(C)(C)C)C(C)(C)C. The van der Waals surface area contributed by atoms with Gasteiger partial charge in [-0.05, 0) is 34.8 Å². The third kappa shape index (κ3) is 8.82. The van der Waals surface area contributed by atoms with Crippen molar-refractivity contribution in [2.24, 2.45) is 22.7 Å². The Morgan fingerprint density at radius 2 is 1.48 bits per heavy atom. The summed E-state index contributed by atoms with van der Waals surface area (Å²) >= 11 is 0. The summed E-state index contributed by atoms with van der Waals surface area (Å²) in [5, 5.41) is 0. The average molecular weight is 413 g/mol. The highest BCUT2D eigenvalue weighted by Gasteiger charge is 2.39. The maximum atomic E-state index is 12.3. The molecule has 3 nitrogen and oxygen atoms in total. The van der Waals surface area contributed by atoms with E-state index in [-0.39, 0.29) is 28.8 Å². The second-order valence-corrected chi connectivity index (χ2v) is 11.7. The fourth-order valence-corrected chi connectivity index (χ4v) is 4.35. The first-order valence-corrected chi connectivity index (χ1v) is 11.9. The van der Waals surface area contributed by atoms with Crippen LogP contribution in [0.4, 0.5) is 4.79 Å². The molecule has 0 aliphatic heterocycles. The molecule has 3 atom stereocenters. The van der Waals surface area contributed by atoms with Crippen molar-refractivity contribution in [1.29, 1.82) is 0 Å². The summed E-state index contributed by atoms with van der Waals surface area (Å²) in [6.45, 7) is 17.8. The van der Waals surface area contributed by atoms with Gasteiger partial charge in [0, 0.05) is 10.6 Å². The highest BCUT2D eigenvalue weighted by atomic mass is 33.1. The van der Waals surface area contributed by atoms with E-state index in [1.54, 1.807) is 21.6 Å². The maximum absolute atomic E-state index is 12.3. The van der Waals surface area contributed by atoms with E-state index in [0.717, 1.165) is 5.75 Å². The molecule has 0 N–H and O–H groups in total. The Hall–Kier alpha value is -0.810. The lowest BCUT2D eigenvalue weighted by atomic mass is 9.69. The standard InChI is InChI=1S/C22H36O3S2/c1-16(21(3,4)5)19(17(2)22(6,7)8)25-20(23)24-14-15-26-27-18-12-10-9-11-13-18/h9-13,16-17,19H,14-15H2,1-8H3/t16-,17?,19?/m1/s1. The number of hydrogen-bond acceptors (Lipinski definition) is 5. The van der Waals surface area contributed by atoms with Crippen LogP contribution in [-0.4, -0.2) is 24.6 Å². The van der Waals surface area contributed by atoms with Gasteiger partial charge in [0.1, 0.15) is 12.7 Å². The molecule has 0 aliphatic rings. The van der Waals surface area contributed by atoms with Crippen LogP contribution in [0.15, 0.2) is 35.2 Å². The summed E-state index contributed by atoms with van der Waals surface area (Å²) in [4.78, 5) is 13.5. The quantitative estimate of drug-likeness (QED) is 0.254. The van der Waals surface area contributed by atoms with Crippen LogP contribution in [0, 0.1) is 22.7 Å². The Morgan fingerprint density at radius 1 is 0.963 bits per heavy atom. The molecular formula is C22H36O3S2. The van der Waals surface area contributed by atoms with Gasteiger partial charge in [-0.25, -0.2) is 4.79 Å². The maximum Gasteiger partial charge on any atom is 0.508 e. The molecule has 0 amide bonds. The molecule has 2 unspecified atom stereocenters. The van der Waals surface area contributed by atoms with E-state index in [4.69, 9.17) is 9.47 Å². The van der Waals surface area contributed by atoms with Crippen LogP contribution in [-0.2, 0) is 9.47 Å². The van der Waals surface area contributed by atoms with Crippen molar-refractivity contribution in [3.8, 4) is 0 Å². The first-order chi connectivity index (χ1) is 12.4. The number of benzene rings is 1. The van der Waals surface area contributed by atoms with Gasteiger partial charge < -0.3 is 9.47 Å². The van der Waals surface area contributed by atoms with Gasteiger partial charge in [0.25, 0.3) is 0 Å². The molecule has 1 aromatic rings. The first-order valence-electron chi connectivity index (χ1n) is 9.61. The van der Waals surface area contributed by atoms with Gasteiger partial charge in [-0.2, -0.15) is 0 Å². The topological polar surface area (TPSA) is 35.5 Å². The van der Waals surface area contributed by atoms with Crippen molar-refractivity contribution < 1.29 is 14.3 Å². The lowest BCUT2D eigenvalue weighted by molar-refractivity contribution is -0.0600. The monoisotopic (exact) mass is 412 g/mol. The minimum absolute atomic E-state index is 0.0482. The van der Waals surface area contributed by atoms with Crippen molar-refractivity contribution in [3.05, 3.63) is 30.3 Å². The molecular weight excluding hydrogens is 376 g/mol. The molecule has 0 aliphatic carbocycles. The van der Waals surface area contributed by atoms with Gasteiger partial charge in [0.2, 0.25) is 0 Å². The Bertz CT molecular complexity index is 541. The molecule has 154 valence electrons. The number of carbonyl (C=O) groups excluding carboxylic acids is 1. The molecule has 27 heavy (non-hydrogen) atoms. The zero-order valence-electron chi connectivity index (χ0n) is 18.1. The lowest BCUT2D eigenvalue weighted by Crippen LogP contribution is -2.42. The van der Waals surface area contributed by atoms with Crippen molar-refractivity contribution in [2.45, 2.75) is 66.4 Å². The summed E-state index contributed by atoms with van der Waals surface area (Å²) in [7, 11) is 3.36. The van der Waals surface area contributed by atoms with Crippen LogP contribution in [0.1, 0.15) is 55.4 Å². The summed E-state index contributed by atoms with van der Waals surface area (Å²) < 4.78 is 11.2. The molecule has 1 rings (SSSR count). The van der Waals surface area contributed by atoms with Crippen molar-refractivity contribution in [3.63, 3.8) is 0 Å². The van der Waals surface area contributed by atoms with E-state index in [2.05, 4.69) is 67.5 Å². The van der Waals surface area contributed by atoms with Crippen LogP contribution >= 0.6 is 21.6 Å². The third-order valence-electron chi connectivity index (χ3n) is 5.23. The first kappa shape index (κ1) is 24.2. The molecule has 0 radical (unpaired) electrons. The molecule has 0 saturated heterocycles. The predicted molar refractivity (Wildman–Crippen MR) is 118 cm³/mol. The lowest BCUT2D eigenvalue weighted by Gasteiger charge is -2.41. The minimum Gasteiger partial charge on any atom is -0.433 e. The summed E-state index contributed by atoms with van der Waals surface area (Å²) in [6, 6.07) is 10.2.